The first-order valence-corrected chi connectivity index (χ1v) is 6.23. The zero-order chi connectivity index (χ0) is 13.0. The molecule has 0 aliphatic carbocycles. The van der Waals surface area contributed by atoms with E-state index < -0.39 is 0 Å². The van der Waals surface area contributed by atoms with E-state index in [2.05, 4.69) is 26.2 Å². The van der Waals surface area contributed by atoms with Crippen molar-refractivity contribution in [1.29, 1.82) is 0 Å². The summed E-state index contributed by atoms with van der Waals surface area (Å²) in [4.78, 5) is 4.15. The smallest absolute Gasteiger partial charge is 0.207 e. The van der Waals surface area contributed by atoms with Crippen LogP contribution in [-0.4, -0.2) is 29.8 Å². The number of methoxy groups -OCH3 is 1. The summed E-state index contributed by atoms with van der Waals surface area (Å²) in [6.45, 7) is 1.18. The Bertz CT molecular complexity index is 530. The van der Waals surface area contributed by atoms with Crippen LogP contribution in [0, 0.1) is 5.82 Å². The van der Waals surface area contributed by atoms with Gasteiger partial charge in [0.1, 0.15) is 5.82 Å². The van der Waals surface area contributed by atoms with Gasteiger partial charge in [0.2, 0.25) is 5.95 Å². The quantitative estimate of drug-likeness (QED) is 0.863. The van der Waals surface area contributed by atoms with E-state index in [0.717, 1.165) is 4.47 Å². The Labute approximate surface area is 113 Å². The fraction of sp³-hybridized carbons (Fsp3) is 0.250. The van der Waals surface area contributed by atoms with Crippen molar-refractivity contribution in [2.24, 2.45) is 0 Å². The van der Waals surface area contributed by atoms with Crippen molar-refractivity contribution in [2.75, 3.05) is 25.6 Å². The van der Waals surface area contributed by atoms with Crippen LogP contribution >= 0.6 is 15.9 Å². The first-order chi connectivity index (χ1) is 8.72. The molecule has 0 atom stereocenters. The van der Waals surface area contributed by atoms with E-state index >= 15 is 0 Å². The summed E-state index contributed by atoms with van der Waals surface area (Å²) in [7, 11) is 1.63. The highest BCUT2D eigenvalue weighted by Crippen LogP contribution is 2.22. The fourth-order valence-corrected chi connectivity index (χ4v) is 1.91. The van der Waals surface area contributed by atoms with Crippen molar-refractivity contribution in [3.8, 4) is 5.69 Å². The molecule has 0 aliphatic rings. The van der Waals surface area contributed by atoms with Crippen LogP contribution in [0.4, 0.5) is 10.3 Å². The average Bonchev–Trinajstić information content (AvgIpc) is 2.81. The minimum absolute atomic E-state index is 0.300. The minimum Gasteiger partial charge on any atom is -0.383 e. The third-order valence-electron chi connectivity index (χ3n) is 2.40. The predicted octanol–water partition coefficient (Wildman–Crippen LogP) is 2.83. The van der Waals surface area contributed by atoms with Crippen molar-refractivity contribution in [1.82, 2.24) is 9.55 Å². The highest BCUT2D eigenvalue weighted by molar-refractivity contribution is 9.10. The molecule has 0 saturated carbocycles. The molecule has 4 nitrogen and oxygen atoms in total. The molecule has 1 N–H and O–H groups in total. The van der Waals surface area contributed by atoms with Crippen LogP contribution in [0.2, 0.25) is 0 Å². The third kappa shape index (κ3) is 2.88. The van der Waals surface area contributed by atoms with Gasteiger partial charge in [0, 0.05) is 30.5 Å². The zero-order valence-corrected chi connectivity index (χ0v) is 11.4. The summed E-state index contributed by atoms with van der Waals surface area (Å²) in [5.41, 5.74) is 0.446. The second-order valence-corrected chi connectivity index (χ2v) is 4.55. The molecular weight excluding hydrogens is 301 g/mol. The number of imidazole rings is 1. The molecule has 1 heterocycles. The van der Waals surface area contributed by atoms with Gasteiger partial charge in [-0.2, -0.15) is 0 Å². The number of benzene rings is 1. The van der Waals surface area contributed by atoms with Gasteiger partial charge in [0.15, 0.2) is 0 Å². The van der Waals surface area contributed by atoms with Crippen molar-refractivity contribution in [2.45, 2.75) is 0 Å². The summed E-state index contributed by atoms with van der Waals surface area (Å²) in [5, 5.41) is 3.08. The lowest BCUT2D eigenvalue weighted by Gasteiger charge is -2.10. The molecule has 6 heteroatoms. The molecule has 0 saturated heterocycles. The molecule has 2 rings (SSSR count). The number of rotatable bonds is 5. The third-order valence-corrected chi connectivity index (χ3v) is 2.89. The number of hydrogen-bond donors (Lipinski definition) is 1. The molecule has 0 unspecified atom stereocenters. The number of ether oxygens (including phenoxy) is 1. The second-order valence-electron chi connectivity index (χ2n) is 3.64. The average molecular weight is 314 g/mol. The van der Waals surface area contributed by atoms with E-state index in [1.807, 2.05) is 0 Å². The maximum absolute atomic E-state index is 13.8. The van der Waals surface area contributed by atoms with Gasteiger partial charge in [-0.1, -0.05) is 15.9 Å². The molecular formula is C12H13BrFN3O. The van der Waals surface area contributed by atoms with E-state index in [-0.39, 0.29) is 5.82 Å². The van der Waals surface area contributed by atoms with Gasteiger partial charge in [-0.25, -0.2) is 9.37 Å². The van der Waals surface area contributed by atoms with Gasteiger partial charge in [-0.05, 0) is 18.2 Å². The minimum atomic E-state index is -0.300. The van der Waals surface area contributed by atoms with Gasteiger partial charge in [0.25, 0.3) is 0 Å². The first-order valence-electron chi connectivity index (χ1n) is 5.44. The number of aromatic nitrogens is 2. The standard InChI is InChI=1S/C12H13BrFN3O/c1-18-7-5-16-12-15-4-6-17(12)11-8-9(13)2-3-10(11)14/h2-4,6,8H,5,7H2,1H3,(H,15,16). The van der Waals surface area contributed by atoms with Crippen LogP contribution < -0.4 is 5.32 Å². The summed E-state index contributed by atoms with van der Waals surface area (Å²) in [5.74, 6) is 0.287. The van der Waals surface area contributed by atoms with Crippen molar-refractivity contribution in [3.63, 3.8) is 0 Å². The second kappa shape index (κ2) is 5.97. The maximum Gasteiger partial charge on any atom is 0.207 e. The molecule has 0 radical (unpaired) electrons. The Balaban J connectivity index is 2.27. The van der Waals surface area contributed by atoms with Gasteiger partial charge >= 0.3 is 0 Å². The topological polar surface area (TPSA) is 39.1 Å². The Morgan fingerprint density at radius 2 is 2.33 bits per heavy atom. The molecule has 1 aromatic heterocycles. The van der Waals surface area contributed by atoms with E-state index in [0.29, 0.717) is 24.8 Å². The molecule has 18 heavy (non-hydrogen) atoms. The predicted molar refractivity (Wildman–Crippen MR) is 71.6 cm³/mol. The zero-order valence-electron chi connectivity index (χ0n) is 9.86. The molecule has 0 amide bonds. The molecule has 0 bridgehead atoms. The van der Waals surface area contributed by atoms with Crippen LogP contribution in [0.1, 0.15) is 0 Å². The van der Waals surface area contributed by atoms with Crippen molar-refractivity contribution in [3.05, 3.63) is 40.9 Å². The highest BCUT2D eigenvalue weighted by atomic mass is 79.9. The molecule has 1 aromatic carbocycles. The van der Waals surface area contributed by atoms with E-state index in [1.54, 1.807) is 36.2 Å². The summed E-state index contributed by atoms with van der Waals surface area (Å²) in [6.07, 6.45) is 3.33. The molecule has 0 aliphatic heterocycles. The van der Waals surface area contributed by atoms with Gasteiger partial charge in [-0.3, -0.25) is 4.57 Å². The lowest BCUT2D eigenvalue weighted by molar-refractivity contribution is 0.210. The maximum atomic E-state index is 13.8. The fourth-order valence-electron chi connectivity index (χ4n) is 1.56. The highest BCUT2D eigenvalue weighted by Gasteiger charge is 2.09. The van der Waals surface area contributed by atoms with Crippen molar-refractivity contribution >= 4 is 21.9 Å². The monoisotopic (exact) mass is 313 g/mol. The molecule has 0 fully saturated rings. The number of anilines is 1. The SMILES string of the molecule is COCCNc1nccn1-c1cc(Br)ccc1F. The molecule has 2 aromatic rings. The number of halogens is 2. The Morgan fingerprint density at radius 1 is 1.50 bits per heavy atom. The van der Waals surface area contributed by atoms with E-state index in [4.69, 9.17) is 4.74 Å². The van der Waals surface area contributed by atoms with Gasteiger partial charge in [0.05, 0.1) is 12.3 Å². The van der Waals surface area contributed by atoms with E-state index in [1.165, 1.54) is 6.07 Å². The lowest BCUT2D eigenvalue weighted by atomic mass is 10.3. The Morgan fingerprint density at radius 3 is 3.11 bits per heavy atom. The van der Waals surface area contributed by atoms with Crippen molar-refractivity contribution < 1.29 is 9.13 Å². The van der Waals surface area contributed by atoms with Crippen LogP contribution in [0.5, 0.6) is 0 Å². The number of nitrogens with zero attached hydrogens (tertiary/aromatic N) is 2. The van der Waals surface area contributed by atoms with Crippen LogP contribution in [0.3, 0.4) is 0 Å². The van der Waals surface area contributed by atoms with Crippen LogP contribution in [0.15, 0.2) is 35.1 Å². The van der Waals surface area contributed by atoms with E-state index in [9.17, 15) is 4.39 Å². The normalized spacial score (nSPS) is 10.6. The van der Waals surface area contributed by atoms with Crippen LogP contribution in [-0.2, 0) is 4.74 Å². The number of nitrogens with one attached hydrogen (secondary N) is 1. The summed E-state index contributed by atoms with van der Waals surface area (Å²) < 4.78 is 21.2. The van der Waals surface area contributed by atoms with Crippen LogP contribution in [0.25, 0.3) is 5.69 Å². The summed E-state index contributed by atoms with van der Waals surface area (Å²) in [6, 6.07) is 4.78. The largest absolute Gasteiger partial charge is 0.383 e. The summed E-state index contributed by atoms with van der Waals surface area (Å²) >= 11 is 3.33. The van der Waals surface area contributed by atoms with Gasteiger partial charge < -0.3 is 10.1 Å². The number of hydrogen-bond acceptors (Lipinski definition) is 3. The Hall–Kier alpha value is -1.40. The lowest BCUT2D eigenvalue weighted by Crippen LogP contribution is -2.12. The first kappa shape index (κ1) is 13.0. The molecule has 96 valence electrons. The Kier molecular flexibility index (Phi) is 4.33. The molecule has 0 spiro atoms. The van der Waals surface area contributed by atoms with Gasteiger partial charge in [-0.15, -0.1) is 0 Å².